The largest absolute Gasteiger partial charge is 0.364 e. The minimum Gasteiger partial charge on any atom is -0.364 e. The van der Waals surface area contributed by atoms with E-state index in [2.05, 4.69) is 10.3 Å². The molecule has 2 rings (SSSR count). The Hall–Kier alpha value is -2.94. The molecule has 1 aromatic heterocycles. The minimum absolute atomic E-state index is 0.0874. The first kappa shape index (κ1) is 14.5. The molecule has 6 heteroatoms. The van der Waals surface area contributed by atoms with Gasteiger partial charge in [0, 0.05) is 12.7 Å². The summed E-state index contributed by atoms with van der Waals surface area (Å²) >= 11 is 0. The molecule has 0 aliphatic carbocycles. The van der Waals surface area contributed by atoms with Gasteiger partial charge < -0.3 is 10.2 Å². The summed E-state index contributed by atoms with van der Waals surface area (Å²) in [6.07, 6.45) is 1.52. The third-order valence-corrected chi connectivity index (χ3v) is 2.79. The smallest absolute Gasteiger partial charge is 0.243 e. The van der Waals surface area contributed by atoms with Gasteiger partial charge in [-0.3, -0.25) is 4.79 Å². The number of carbonyl (C=O) groups excluding carboxylic acids is 1. The van der Waals surface area contributed by atoms with Crippen molar-refractivity contribution < 1.29 is 9.18 Å². The molecule has 1 amide bonds. The van der Waals surface area contributed by atoms with Gasteiger partial charge in [-0.1, -0.05) is 6.07 Å². The summed E-state index contributed by atoms with van der Waals surface area (Å²) in [6, 6.07) is 10.9. The number of amides is 1. The number of rotatable bonds is 4. The van der Waals surface area contributed by atoms with Gasteiger partial charge in [-0.15, -0.1) is 0 Å². The Balaban J connectivity index is 1.97. The van der Waals surface area contributed by atoms with Crippen molar-refractivity contribution in [3.8, 4) is 6.07 Å². The molecule has 1 N–H and O–H groups in total. The number of benzene rings is 1. The zero-order valence-corrected chi connectivity index (χ0v) is 11.4. The van der Waals surface area contributed by atoms with Crippen LogP contribution in [0.15, 0.2) is 42.6 Å². The molecule has 0 fully saturated rings. The molecule has 106 valence electrons. The Labute approximate surface area is 121 Å². The molecule has 0 bridgehead atoms. The first-order valence-electron chi connectivity index (χ1n) is 6.21. The molecule has 0 unspecified atom stereocenters. The van der Waals surface area contributed by atoms with Gasteiger partial charge in [-0.25, -0.2) is 9.37 Å². The summed E-state index contributed by atoms with van der Waals surface area (Å²) in [5, 5.41) is 11.3. The van der Waals surface area contributed by atoms with Gasteiger partial charge in [0.1, 0.15) is 17.6 Å². The fourth-order valence-corrected chi connectivity index (χ4v) is 1.75. The van der Waals surface area contributed by atoms with Crippen molar-refractivity contribution in [3.63, 3.8) is 0 Å². The lowest BCUT2D eigenvalue weighted by molar-refractivity contribution is -0.114. The fourth-order valence-electron chi connectivity index (χ4n) is 1.75. The zero-order chi connectivity index (χ0) is 15.2. The summed E-state index contributed by atoms with van der Waals surface area (Å²) in [5.74, 6) is -0.676. The third kappa shape index (κ3) is 4.01. The van der Waals surface area contributed by atoms with Gasteiger partial charge >= 0.3 is 0 Å². The number of hydrogen-bond acceptors (Lipinski definition) is 4. The van der Waals surface area contributed by atoms with E-state index < -0.39 is 5.82 Å². The lowest BCUT2D eigenvalue weighted by Crippen LogP contribution is -2.30. The van der Waals surface area contributed by atoms with Crippen LogP contribution in [0.1, 0.15) is 5.69 Å². The topological polar surface area (TPSA) is 69.0 Å². The van der Waals surface area contributed by atoms with E-state index in [4.69, 9.17) is 5.26 Å². The number of nitrogens with one attached hydrogen (secondary N) is 1. The maximum absolute atomic E-state index is 13.0. The van der Waals surface area contributed by atoms with Crippen molar-refractivity contribution in [2.75, 3.05) is 23.8 Å². The Kier molecular flexibility index (Phi) is 4.46. The molecule has 5 nitrogen and oxygen atoms in total. The van der Waals surface area contributed by atoms with Crippen molar-refractivity contribution in [1.29, 1.82) is 5.26 Å². The average Bonchev–Trinajstić information content (AvgIpc) is 2.47. The van der Waals surface area contributed by atoms with Crippen LogP contribution in [-0.2, 0) is 4.79 Å². The minimum atomic E-state index is -0.405. The van der Waals surface area contributed by atoms with E-state index in [1.807, 2.05) is 6.07 Å². The molecule has 0 spiro atoms. The highest BCUT2D eigenvalue weighted by Crippen LogP contribution is 2.12. The Morgan fingerprint density at radius 3 is 2.86 bits per heavy atom. The van der Waals surface area contributed by atoms with Crippen LogP contribution in [0.4, 0.5) is 15.8 Å². The van der Waals surface area contributed by atoms with E-state index in [0.29, 0.717) is 17.1 Å². The van der Waals surface area contributed by atoms with Crippen LogP contribution in [0.2, 0.25) is 0 Å². The Bertz CT molecular complexity index is 679. The monoisotopic (exact) mass is 284 g/mol. The quantitative estimate of drug-likeness (QED) is 0.934. The van der Waals surface area contributed by atoms with Crippen molar-refractivity contribution >= 4 is 17.3 Å². The number of nitriles is 1. The van der Waals surface area contributed by atoms with E-state index in [9.17, 15) is 9.18 Å². The fraction of sp³-hybridized carbons (Fsp3) is 0.133. The molecule has 0 aliphatic heterocycles. The van der Waals surface area contributed by atoms with Crippen LogP contribution in [0, 0.1) is 17.1 Å². The van der Waals surface area contributed by atoms with Gasteiger partial charge in [-0.05, 0) is 30.3 Å². The molecule has 0 atom stereocenters. The maximum atomic E-state index is 13.0. The van der Waals surface area contributed by atoms with E-state index in [1.54, 1.807) is 30.1 Å². The van der Waals surface area contributed by atoms with Gasteiger partial charge in [0.2, 0.25) is 5.91 Å². The van der Waals surface area contributed by atoms with Crippen LogP contribution in [-0.4, -0.2) is 24.5 Å². The van der Waals surface area contributed by atoms with E-state index >= 15 is 0 Å². The van der Waals surface area contributed by atoms with Crippen molar-refractivity contribution in [2.45, 2.75) is 0 Å². The van der Waals surface area contributed by atoms with Gasteiger partial charge in [0.25, 0.3) is 0 Å². The van der Waals surface area contributed by atoms with Crippen molar-refractivity contribution in [3.05, 3.63) is 54.1 Å². The standard InChI is InChI=1S/C15H13FN4O/c1-20(14-6-5-13(8-17)18-9-14)10-15(21)19-12-4-2-3-11(16)7-12/h2-7,9H,10H2,1H3,(H,19,21). The normalized spacial score (nSPS) is 9.76. The van der Waals surface area contributed by atoms with Crippen LogP contribution in [0.25, 0.3) is 0 Å². The zero-order valence-electron chi connectivity index (χ0n) is 11.4. The second kappa shape index (κ2) is 6.48. The number of aromatic nitrogens is 1. The number of likely N-dealkylation sites (N-methyl/N-ethyl adjacent to an activating group) is 1. The summed E-state index contributed by atoms with van der Waals surface area (Å²) < 4.78 is 13.0. The van der Waals surface area contributed by atoms with Crippen LogP contribution in [0.3, 0.4) is 0 Å². The van der Waals surface area contributed by atoms with E-state index in [-0.39, 0.29) is 12.5 Å². The van der Waals surface area contributed by atoms with Gasteiger partial charge in [0.15, 0.2) is 0 Å². The molecule has 0 radical (unpaired) electrons. The summed E-state index contributed by atoms with van der Waals surface area (Å²) in [4.78, 5) is 17.5. The number of nitrogens with zero attached hydrogens (tertiary/aromatic N) is 3. The number of halogens is 1. The lowest BCUT2D eigenvalue weighted by Gasteiger charge is -2.18. The predicted molar refractivity (Wildman–Crippen MR) is 77.3 cm³/mol. The molecule has 0 saturated heterocycles. The predicted octanol–water partition coefficient (Wildman–Crippen LogP) is 2.17. The highest BCUT2D eigenvalue weighted by molar-refractivity contribution is 5.93. The number of pyridine rings is 1. The second-order valence-electron chi connectivity index (χ2n) is 4.43. The first-order chi connectivity index (χ1) is 10.1. The van der Waals surface area contributed by atoms with Crippen LogP contribution < -0.4 is 10.2 Å². The Morgan fingerprint density at radius 1 is 1.43 bits per heavy atom. The first-order valence-corrected chi connectivity index (χ1v) is 6.21. The summed E-state index contributed by atoms with van der Waals surface area (Å²) in [7, 11) is 1.73. The maximum Gasteiger partial charge on any atom is 0.243 e. The number of carbonyl (C=O) groups is 1. The molecule has 0 aliphatic rings. The number of anilines is 2. The average molecular weight is 284 g/mol. The van der Waals surface area contributed by atoms with Gasteiger partial charge in [-0.2, -0.15) is 5.26 Å². The van der Waals surface area contributed by atoms with E-state index in [1.165, 1.54) is 24.4 Å². The van der Waals surface area contributed by atoms with Crippen LogP contribution in [0.5, 0.6) is 0 Å². The summed E-state index contributed by atoms with van der Waals surface area (Å²) in [5.41, 5.74) is 1.44. The lowest BCUT2D eigenvalue weighted by atomic mass is 10.3. The van der Waals surface area contributed by atoms with Gasteiger partial charge in [0.05, 0.1) is 18.4 Å². The highest BCUT2D eigenvalue weighted by atomic mass is 19.1. The Morgan fingerprint density at radius 2 is 2.24 bits per heavy atom. The molecule has 2 aromatic rings. The van der Waals surface area contributed by atoms with Crippen molar-refractivity contribution in [1.82, 2.24) is 4.98 Å². The molecular formula is C15H13FN4O. The van der Waals surface area contributed by atoms with E-state index in [0.717, 1.165) is 0 Å². The summed E-state index contributed by atoms with van der Waals surface area (Å²) in [6.45, 7) is 0.0874. The molecule has 0 saturated carbocycles. The SMILES string of the molecule is CN(CC(=O)Nc1cccc(F)c1)c1ccc(C#N)nc1. The molecule has 1 aromatic carbocycles. The molecular weight excluding hydrogens is 271 g/mol. The second-order valence-corrected chi connectivity index (χ2v) is 4.43. The van der Waals surface area contributed by atoms with Crippen LogP contribution >= 0.6 is 0 Å². The highest BCUT2D eigenvalue weighted by Gasteiger charge is 2.08. The van der Waals surface area contributed by atoms with Crippen molar-refractivity contribution in [2.24, 2.45) is 0 Å². The molecule has 21 heavy (non-hydrogen) atoms. The molecule has 1 heterocycles. The number of hydrogen-bond donors (Lipinski definition) is 1. The third-order valence-electron chi connectivity index (χ3n) is 2.79.